The molecular weight excluding hydrogens is 270 g/mol. The van der Waals surface area contributed by atoms with Crippen LogP contribution in [0.2, 0.25) is 0 Å². The molecule has 1 aromatic carbocycles. The van der Waals surface area contributed by atoms with Crippen molar-refractivity contribution in [1.29, 1.82) is 0 Å². The van der Waals surface area contributed by atoms with E-state index in [0.29, 0.717) is 18.6 Å². The van der Waals surface area contributed by atoms with Crippen LogP contribution in [0.25, 0.3) is 0 Å². The molecule has 0 saturated carbocycles. The largest absolute Gasteiger partial charge is 0.394 e. The van der Waals surface area contributed by atoms with Crippen LogP contribution in [-0.2, 0) is 16.0 Å². The minimum absolute atomic E-state index is 0.102. The van der Waals surface area contributed by atoms with Crippen LogP contribution in [-0.4, -0.2) is 47.3 Å². The Morgan fingerprint density at radius 2 is 2.10 bits per heavy atom. The molecule has 21 heavy (non-hydrogen) atoms. The Labute approximate surface area is 123 Å². The van der Waals surface area contributed by atoms with E-state index in [1.807, 2.05) is 30.3 Å². The zero-order valence-corrected chi connectivity index (χ0v) is 12.0. The van der Waals surface area contributed by atoms with Gasteiger partial charge in [-0.25, -0.2) is 5.01 Å². The van der Waals surface area contributed by atoms with Crippen molar-refractivity contribution in [3.05, 3.63) is 35.9 Å². The molecule has 0 aromatic heterocycles. The van der Waals surface area contributed by atoms with Crippen LogP contribution in [0.5, 0.6) is 0 Å². The van der Waals surface area contributed by atoms with Crippen LogP contribution >= 0.6 is 0 Å². The van der Waals surface area contributed by atoms with Crippen molar-refractivity contribution in [2.75, 3.05) is 13.7 Å². The summed E-state index contributed by atoms with van der Waals surface area (Å²) in [5.74, 6) is -0.432. The fraction of sp³-hybridized carbons (Fsp3) is 0.400. The van der Waals surface area contributed by atoms with Gasteiger partial charge in [-0.3, -0.25) is 9.59 Å². The van der Waals surface area contributed by atoms with E-state index in [2.05, 4.69) is 10.4 Å². The van der Waals surface area contributed by atoms with Crippen LogP contribution in [0.1, 0.15) is 18.4 Å². The maximum atomic E-state index is 12.1. The summed E-state index contributed by atoms with van der Waals surface area (Å²) in [5, 5.41) is 17.3. The molecule has 1 atom stereocenters. The normalized spacial score (nSPS) is 16.4. The number of nitrogens with one attached hydrogen (secondary N) is 1. The number of hydrazone groups is 1. The third kappa shape index (κ3) is 4.13. The number of carbonyl (C=O) groups is 2. The van der Waals surface area contributed by atoms with Gasteiger partial charge in [0.05, 0.1) is 12.6 Å². The Balaban J connectivity index is 1.97. The first-order valence-corrected chi connectivity index (χ1v) is 6.90. The van der Waals surface area contributed by atoms with Gasteiger partial charge in [0.15, 0.2) is 0 Å². The summed E-state index contributed by atoms with van der Waals surface area (Å²) in [5.41, 5.74) is 1.36. The van der Waals surface area contributed by atoms with Gasteiger partial charge < -0.3 is 10.4 Å². The molecule has 2 amide bonds. The van der Waals surface area contributed by atoms with Gasteiger partial charge >= 0.3 is 0 Å². The number of carbonyl (C=O) groups excluding carboxylic acids is 2. The summed E-state index contributed by atoms with van der Waals surface area (Å²) >= 11 is 0. The Bertz CT molecular complexity index is 542. The van der Waals surface area contributed by atoms with Crippen LogP contribution in [0, 0.1) is 0 Å². The van der Waals surface area contributed by atoms with Gasteiger partial charge in [-0.2, -0.15) is 5.10 Å². The number of aliphatic hydroxyl groups excluding tert-OH is 1. The predicted molar refractivity (Wildman–Crippen MR) is 78.6 cm³/mol. The molecule has 2 N–H and O–H groups in total. The van der Waals surface area contributed by atoms with Crippen molar-refractivity contribution < 1.29 is 14.7 Å². The molecular formula is C15H19N3O3. The van der Waals surface area contributed by atoms with Crippen molar-refractivity contribution in [3.8, 4) is 0 Å². The lowest BCUT2D eigenvalue weighted by molar-refractivity contribution is -0.130. The molecule has 0 bridgehead atoms. The van der Waals surface area contributed by atoms with Crippen molar-refractivity contribution in [3.63, 3.8) is 0 Å². The van der Waals surface area contributed by atoms with Gasteiger partial charge in [0.25, 0.3) is 5.91 Å². The van der Waals surface area contributed by atoms with E-state index in [0.717, 1.165) is 5.56 Å². The first kappa shape index (κ1) is 15.2. The Morgan fingerprint density at radius 1 is 1.38 bits per heavy atom. The van der Waals surface area contributed by atoms with E-state index >= 15 is 0 Å². The SMILES string of the molecule is CN1N=C(C(=O)NC(CO)Cc2ccccc2)CCC1=O. The van der Waals surface area contributed by atoms with E-state index in [1.165, 1.54) is 12.1 Å². The lowest BCUT2D eigenvalue weighted by Gasteiger charge is -2.21. The molecule has 1 aliphatic heterocycles. The third-order valence-corrected chi connectivity index (χ3v) is 3.35. The maximum Gasteiger partial charge on any atom is 0.267 e. The van der Waals surface area contributed by atoms with Crippen LogP contribution < -0.4 is 5.32 Å². The average Bonchev–Trinajstić information content (AvgIpc) is 2.50. The summed E-state index contributed by atoms with van der Waals surface area (Å²) < 4.78 is 0. The number of hydrogen-bond acceptors (Lipinski definition) is 4. The average molecular weight is 289 g/mol. The van der Waals surface area contributed by atoms with Gasteiger partial charge in [0.1, 0.15) is 5.71 Å². The van der Waals surface area contributed by atoms with Crippen LogP contribution in [0.3, 0.4) is 0 Å². The third-order valence-electron chi connectivity index (χ3n) is 3.35. The molecule has 0 radical (unpaired) electrons. The molecule has 1 heterocycles. The molecule has 0 spiro atoms. The summed E-state index contributed by atoms with van der Waals surface area (Å²) in [7, 11) is 1.53. The van der Waals surface area contributed by atoms with E-state index in [-0.39, 0.29) is 30.9 Å². The second-order valence-corrected chi connectivity index (χ2v) is 5.01. The molecule has 1 unspecified atom stereocenters. The van der Waals surface area contributed by atoms with Gasteiger partial charge in [-0.1, -0.05) is 30.3 Å². The topological polar surface area (TPSA) is 82.0 Å². The molecule has 0 saturated heterocycles. The number of benzene rings is 1. The second-order valence-electron chi connectivity index (χ2n) is 5.01. The zero-order chi connectivity index (χ0) is 15.2. The number of hydrogen-bond donors (Lipinski definition) is 2. The van der Waals surface area contributed by atoms with Gasteiger partial charge in [0, 0.05) is 19.9 Å². The monoisotopic (exact) mass is 289 g/mol. The fourth-order valence-corrected chi connectivity index (χ4v) is 2.16. The van der Waals surface area contributed by atoms with Crippen molar-refractivity contribution >= 4 is 17.5 Å². The molecule has 2 rings (SSSR count). The highest BCUT2D eigenvalue weighted by molar-refractivity contribution is 6.39. The number of nitrogens with zero attached hydrogens (tertiary/aromatic N) is 2. The molecule has 0 fully saturated rings. The van der Waals surface area contributed by atoms with Crippen LogP contribution in [0.15, 0.2) is 35.4 Å². The lowest BCUT2D eigenvalue weighted by Crippen LogP contribution is -2.44. The summed E-state index contributed by atoms with van der Waals surface area (Å²) in [6, 6.07) is 9.26. The maximum absolute atomic E-state index is 12.1. The highest BCUT2D eigenvalue weighted by Crippen LogP contribution is 2.08. The van der Waals surface area contributed by atoms with E-state index < -0.39 is 0 Å². The van der Waals surface area contributed by atoms with Gasteiger partial charge in [-0.05, 0) is 12.0 Å². The quantitative estimate of drug-likeness (QED) is 0.818. The number of aliphatic hydroxyl groups is 1. The van der Waals surface area contributed by atoms with Crippen LogP contribution in [0.4, 0.5) is 0 Å². The molecule has 0 aliphatic carbocycles. The molecule has 6 nitrogen and oxygen atoms in total. The molecule has 112 valence electrons. The second kappa shape index (κ2) is 6.99. The van der Waals surface area contributed by atoms with E-state index in [4.69, 9.17) is 0 Å². The first-order chi connectivity index (χ1) is 10.1. The smallest absolute Gasteiger partial charge is 0.267 e. The van der Waals surface area contributed by atoms with Crippen molar-refractivity contribution in [2.24, 2.45) is 5.10 Å². The van der Waals surface area contributed by atoms with Gasteiger partial charge in [-0.15, -0.1) is 0 Å². The minimum Gasteiger partial charge on any atom is -0.394 e. The molecule has 6 heteroatoms. The van der Waals surface area contributed by atoms with E-state index in [1.54, 1.807) is 0 Å². The lowest BCUT2D eigenvalue weighted by atomic mass is 10.1. The molecule has 1 aromatic rings. The van der Waals surface area contributed by atoms with Crippen molar-refractivity contribution in [2.45, 2.75) is 25.3 Å². The number of amides is 2. The number of rotatable bonds is 5. The summed E-state index contributed by atoms with van der Waals surface area (Å²) in [6.45, 7) is -0.150. The Morgan fingerprint density at radius 3 is 2.71 bits per heavy atom. The van der Waals surface area contributed by atoms with Crippen molar-refractivity contribution in [1.82, 2.24) is 10.3 Å². The highest BCUT2D eigenvalue weighted by Gasteiger charge is 2.23. The highest BCUT2D eigenvalue weighted by atomic mass is 16.3. The van der Waals surface area contributed by atoms with Gasteiger partial charge in [0.2, 0.25) is 5.91 Å². The predicted octanol–water partition coefficient (Wildman–Crippen LogP) is 0.314. The van der Waals surface area contributed by atoms with E-state index in [9.17, 15) is 14.7 Å². The Kier molecular flexibility index (Phi) is 5.05. The summed E-state index contributed by atoms with van der Waals surface area (Å²) in [4.78, 5) is 23.4. The fourth-order valence-electron chi connectivity index (χ4n) is 2.16. The Hall–Kier alpha value is -2.21. The zero-order valence-electron chi connectivity index (χ0n) is 12.0. The minimum atomic E-state index is -0.370. The summed E-state index contributed by atoms with van der Waals surface area (Å²) in [6.07, 6.45) is 1.16. The molecule has 1 aliphatic rings. The first-order valence-electron chi connectivity index (χ1n) is 6.90. The standard InChI is InChI=1S/C15H19N3O3/c1-18-14(20)8-7-13(17-18)15(21)16-12(10-19)9-11-5-3-2-4-6-11/h2-6,12,19H,7-10H2,1H3,(H,16,21).